The third-order valence-electron chi connectivity index (χ3n) is 3.48. The molecule has 2 aromatic rings. The molecule has 0 amide bonds. The number of benzene rings is 1. The van der Waals surface area contributed by atoms with E-state index in [1.165, 1.54) is 11.1 Å². The van der Waals surface area contributed by atoms with E-state index in [0.717, 1.165) is 19.4 Å². The van der Waals surface area contributed by atoms with Gasteiger partial charge in [0.1, 0.15) is 0 Å². The molecule has 2 rings (SSSR count). The van der Waals surface area contributed by atoms with Crippen LogP contribution in [0.2, 0.25) is 0 Å². The molecule has 0 bridgehead atoms. The Morgan fingerprint density at radius 1 is 1.14 bits per heavy atom. The van der Waals surface area contributed by atoms with Gasteiger partial charge in [0, 0.05) is 6.54 Å². The van der Waals surface area contributed by atoms with Crippen molar-refractivity contribution in [1.29, 1.82) is 0 Å². The van der Waals surface area contributed by atoms with E-state index < -0.39 is 5.60 Å². The maximum absolute atomic E-state index is 9.77. The number of rotatable bonds is 7. The summed E-state index contributed by atoms with van der Waals surface area (Å²) in [6, 6.07) is 8.53. The molecule has 22 heavy (non-hydrogen) atoms. The van der Waals surface area contributed by atoms with Crippen molar-refractivity contribution in [1.82, 2.24) is 15.0 Å². The van der Waals surface area contributed by atoms with Gasteiger partial charge in [0.05, 0.1) is 12.1 Å². The highest BCUT2D eigenvalue weighted by Crippen LogP contribution is 2.14. The minimum absolute atomic E-state index is 0.610. The van der Waals surface area contributed by atoms with Crippen LogP contribution in [-0.2, 0) is 19.5 Å². The highest BCUT2D eigenvalue weighted by molar-refractivity contribution is 5.22. The lowest BCUT2D eigenvalue weighted by molar-refractivity contribution is 0.0714. The van der Waals surface area contributed by atoms with Crippen molar-refractivity contribution in [3.8, 4) is 0 Å². The molecule has 1 aromatic carbocycles. The second-order valence-electron chi connectivity index (χ2n) is 6.54. The van der Waals surface area contributed by atoms with Gasteiger partial charge in [-0.1, -0.05) is 29.4 Å². The fourth-order valence-corrected chi connectivity index (χ4v) is 2.26. The van der Waals surface area contributed by atoms with Crippen LogP contribution in [0.3, 0.4) is 0 Å². The van der Waals surface area contributed by atoms with Gasteiger partial charge in [0.15, 0.2) is 5.82 Å². The molecule has 0 radical (unpaired) electrons. The van der Waals surface area contributed by atoms with Gasteiger partial charge >= 0.3 is 0 Å². The van der Waals surface area contributed by atoms with Gasteiger partial charge in [0.25, 0.3) is 0 Å². The Labute approximate surface area is 132 Å². The summed E-state index contributed by atoms with van der Waals surface area (Å²) in [5.74, 6) is 1.31. The fourth-order valence-electron chi connectivity index (χ4n) is 2.26. The molecule has 0 saturated carbocycles. The maximum atomic E-state index is 9.77. The molecule has 1 N–H and O–H groups in total. The zero-order valence-electron chi connectivity index (χ0n) is 13.8. The summed E-state index contributed by atoms with van der Waals surface area (Å²) in [4.78, 5) is 6.35. The summed E-state index contributed by atoms with van der Waals surface area (Å²) in [6.45, 7) is 6.97. The average Bonchev–Trinajstić information content (AvgIpc) is 2.82. The molecule has 0 unspecified atom stereocenters. The van der Waals surface area contributed by atoms with E-state index in [1.54, 1.807) is 0 Å². The normalized spacial score (nSPS) is 12.1. The Morgan fingerprint density at radius 3 is 2.32 bits per heavy atom. The van der Waals surface area contributed by atoms with Crippen LogP contribution >= 0.6 is 0 Å². The zero-order chi connectivity index (χ0) is 16.2. The fraction of sp³-hybridized carbons (Fsp3) is 0.529. The first-order chi connectivity index (χ1) is 10.3. The number of aryl methyl sites for hydroxylation is 2. The van der Waals surface area contributed by atoms with E-state index in [1.807, 2.05) is 27.8 Å². The number of hydrogen-bond donors (Lipinski definition) is 1. The molecule has 1 aromatic heterocycles. The van der Waals surface area contributed by atoms with E-state index in [-0.39, 0.29) is 0 Å². The van der Waals surface area contributed by atoms with Crippen LogP contribution < -0.4 is 0 Å². The monoisotopic (exact) mass is 303 g/mol. The molecule has 5 nitrogen and oxygen atoms in total. The highest BCUT2D eigenvalue weighted by atomic mass is 16.5. The minimum atomic E-state index is -0.610. The maximum Gasteiger partial charge on any atom is 0.240 e. The van der Waals surface area contributed by atoms with Crippen LogP contribution in [0.1, 0.15) is 43.1 Å². The SMILES string of the molecule is Cc1noc(CN(C)Cc2ccc(CCC(C)(C)O)cc2)n1. The van der Waals surface area contributed by atoms with Crippen LogP contribution in [0, 0.1) is 6.92 Å². The Balaban J connectivity index is 1.85. The van der Waals surface area contributed by atoms with Gasteiger partial charge in [-0.15, -0.1) is 0 Å². The van der Waals surface area contributed by atoms with E-state index in [2.05, 4.69) is 39.3 Å². The van der Waals surface area contributed by atoms with Crippen molar-refractivity contribution < 1.29 is 9.63 Å². The van der Waals surface area contributed by atoms with Crippen LogP contribution in [0.4, 0.5) is 0 Å². The first kappa shape index (κ1) is 16.6. The van der Waals surface area contributed by atoms with Gasteiger partial charge < -0.3 is 9.63 Å². The van der Waals surface area contributed by atoms with Crippen LogP contribution in [0.5, 0.6) is 0 Å². The summed E-state index contributed by atoms with van der Waals surface area (Å²) < 4.78 is 5.13. The smallest absolute Gasteiger partial charge is 0.240 e. The van der Waals surface area contributed by atoms with Gasteiger partial charge in [-0.05, 0) is 51.8 Å². The number of nitrogens with zero attached hydrogens (tertiary/aromatic N) is 3. The standard InChI is InChI=1S/C17H25N3O2/c1-13-18-16(22-19-13)12-20(4)11-15-7-5-14(6-8-15)9-10-17(2,3)21/h5-8,21H,9-12H2,1-4H3. The highest BCUT2D eigenvalue weighted by Gasteiger charge is 2.12. The molecule has 5 heteroatoms. The van der Waals surface area contributed by atoms with E-state index in [0.29, 0.717) is 18.3 Å². The van der Waals surface area contributed by atoms with Gasteiger partial charge in [-0.25, -0.2) is 0 Å². The van der Waals surface area contributed by atoms with Crippen molar-refractivity contribution in [2.24, 2.45) is 0 Å². The van der Waals surface area contributed by atoms with E-state index in [9.17, 15) is 5.11 Å². The Hall–Kier alpha value is -1.72. The minimum Gasteiger partial charge on any atom is -0.390 e. The zero-order valence-corrected chi connectivity index (χ0v) is 13.8. The quantitative estimate of drug-likeness (QED) is 0.852. The molecular weight excluding hydrogens is 278 g/mol. The first-order valence-corrected chi connectivity index (χ1v) is 7.60. The van der Waals surface area contributed by atoms with Crippen LogP contribution in [-0.4, -0.2) is 32.8 Å². The second kappa shape index (κ2) is 7.03. The summed E-state index contributed by atoms with van der Waals surface area (Å²) >= 11 is 0. The Bertz CT molecular complexity index is 585. The summed E-state index contributed by atoms with van der Waals surface area (Å²) in [5.41, 5.74) is 1.88. The molecular formula is C17H25N3O2. The number of aliphatic hydroxyl groups is 1. The third-order valence-corrected chi connectivity index (χ3v) is 3.48. The summed E-state index contributed by atoms with van der Waals surface area (Å²) in [6.07, 6.45) is 1.66. The number of aromatic nitrogens is 2. The molecule has 0 aliphatic rings. The predicted molar refractivity (Wildman–Crippen MR) is 85.3 cm³/mol. The molecule has 0 saturated heterocycles. The number of hydrogen-bond acceptors (Lipinski definition) is 5. The average molecular weight is 303 g/mol. The summed E-state index contributed by atoms with van der Waals surface area (Å²) in [5, 5.41) is 13.6. The molecule has 120 valence electrons. The first-order valence-electron chi connectivity index (χ1n) is 7.60. The lowest BCUT2D eigenvalue weighted by atomic mass is 9.98. The second-order valence-corrected chi connectivity index (χ2v) is 6.54. The molecule has 1 heterocycles. The largest absolute Gasteiger partial charge is 0.390 e. The Morgan fingerprint density at radius 2 is 1.77 bits per heavy atom. The lowest BCUT2D eigenvalue weighted by Crippen LogP contribution is -2.19. The molecule has 0 aliphatic heterocycles. The van der Waals surface area contributed by atoms with Gasteiger partial charge in [-0.3, -0.25) is 4.90 Å². The van der Waals surface area contributed by atoms with Crippen molar-refractivity contribution in [2.45, 2.75) is 52.3 Å². The van der Waals surface area contributed by atoms with Crippen molar-refractivity contribution in [3.05, 3.63) is 47.1 Å². The van der Waals surface area contributed by atoms with E-state index in [4.69, 9.17) is 4.52 Å². The third kappa shape index (κ3) is 5.58. The topological polar surface area (TPSA) is 62.4 Å². The van der Waals surface area contributed by atoms with Crippen LogP contribution in [0.25, 0.3) is 0 Å². The van der Waals surface area contributed by atoms with E-state index >= 15 is 0 Å². The Kier molecular flexibility index (Phi) is 5.32. The van der Waals surface area contributed by atoms with Gasteiger partial charge in [-0.2, -0.15) is 4.98 Å². The van der Waals surface area contributed by atoms with Crippen molar-refractivity contribution in [3.63, 3.8) is 0 Å². The molecule has 0 atom stereocenters. The molecule has 0 fully saturated rings. The predicted octanol–water partition coefficient (Wildman–Crippen LogP) is 2.71. The van der Waals surface area contributed by atoms with Crippen LogP contribution in [0.15, 0.2) is 28.8 Å². The molecule has 0 spiro atoms. The van der Waals surface area contributed by atoms with Crippen molar-refractivity contribution >= 4 is 0 Å². The van der Waals surface area contributed by atoms with Gasteiger partial charge in [0.2, 0.25) is 5.89 Å². The molecule has 0 aliphatic carbocycles. The summed E-state index contributed by atoms with van der Waals surface area (Å²) in [7, 11) is 2.03. The lowest BCUT2D eigenvalue weighted by Gasteiger charge is -2.17. The van der Waals surface area contributed by atoms with Crippen molar-refractivity contribution in [2.75, 3.05) is 7.05 Å².